The fourth-order valence-corrected chi connectivity index (χ4v) is 4.53. The fourth-order valence-electron chi connectivity index (χ4n) is 3.79. The van der Waals surface area contributed by atoms with Crippen LogP contribution in [0.1, 0.15) is 84.0 Å². The van der Waals surface area contributed by atoms with Gasteiger partial charge in [-0.2, -0.15) is 0 Å². The Hall–Kier alpha value is -1.39. The summed E-state index contributed by atoms with van der Waals surface area (Å²) in [4.78, 5) is 9.82. The van der Waals surface area contributed by atoms with Gasteiger partial charge in [0.2, 0.25) is 0 Å². The van der Waals surface area contributed by atoms with Crippen LogP contribution in [0.3, 0.4) is 0 Å². The van der Waals surface area contributed by atoms with Crippen molar-refractivity contribution < 1.29 is 23.2 Å². The first-order valence-corrected chi connectivity index (χ1v) is 13.8. The van der Waals surface area contributed by atoms with Gasteiger partial charge in [-0.1, -0.05) is 114 Å². The highest BCUT2D eigenvalue weighted by molar-refractivity contribution is 7.47. The van der Waals surface area contributed by atoms with Gasteiger partial charge in [0, 0.05) is 5.39 Å². The van der Waals surface area contributed by atoms with Crippen molar-refractivity contribution in [2.45, 2.75) is 84.0 Å². The Labute approximate surface area is 194 Å². The first kappa shape index (κ1) is 26.9. The van der Waals surface area contributed by atoms with E-state index in [2.05, 4.69) is 6.92 Å². The Morgan fingerprint density at radius 2 is 1.25 bits per heavy atom. The second-order valence-corrected chi connectivity index (χ2v) is 9.80. The minimum absolute atomic E-state index is 0.00452. The molecule has 0 radical (unpaired) electrons. The van der Waals surface area contributed by atoms with Crippen LogP contribution in [0.4, 0.5) is 0 Å². The molecule has 0 saturated heterocycles. The van der Waals surface area contributed by atoms with Crippen molar-refractivity contribution in [1.82, 2.24) is 0 Å². The predicted octanol–water partition coefficient (Wildman–Crippen LogP) is 8.05. The van der Waals surface area contributed by atoms with E-state index in [1.165, 1.54) is 57.8 Å². The molecule has 2 rings (SSSR count). The monoisotopic (exact) mass is 464 g/mol. The average molecular weight is 465 g/mol. The van der Waals surface area contributed by atoms with Gasteiger partial charge in [-0.15, -0.1) is 0 Å². The van der Waals surface area contributed by atoms with Crippen LogP contribution in [0.2, 0.25) is 0 Å². The van der Waals surface area contributed by atoms with E-state index in [-0.39, 0.29) is 19.8 Å². The number of unbranched alkanes of at least 4 members (excludes halogenated alkanes) is 11. The highest BCUT2D eigenvalue weighted by Gasteiger charge is 2.20. The molecule has 0 bridgehead atoms. The maximum Gasteiger partial charge on any atom is 0.472 e. The van der Waals surface area contributed by atoms with Crippen molar-refractivity contribution in [3.05, 3.63) is 42.5 Å². The highest BCUT2D eigenvalue weighted by atomic mass is 31.2. The highest BCUT2D eigenvalue weighted by Crippen LogP contribution is 2.43. The van der Waals surface area contributed by atoms with Gasteiger partial charge < -0.3 is 9.63 Å². The summed E-state index contributed by atoms with van der Waals surface area (Å²) in [5.41, 5.74) is 0. The molecule has 0 aliphatic rings. The maximum absolute atomic E-state index is 12.0. The molecule has 180 valence electrons. The van der Waals surface area contributed by atoms with Gasteiger partial charge in [0.05, 0.1) is 13.2 Å². The van der Waals surface area contributed by atoms with Crippen LogP contribution in [0, 0.1) is 0 Å². The van der Waals surface area contributed by atoms with Crippen molar-refractivity contribution in [3.63, 3.8) is 0 Å². The summed E-state index contributed by atoms with van der Waals surface area (Å²) in [7, 11) is -4.02. The normalized spacial score (nSPS) is 13.3. The smallest absolute Gasteiger partial charge is 0.472 e. The Balaban J connectivity index is 1.46. The minimum Gasteiger partial charge on any atom is -0.491 e. The van der Waals surface area contributed by atoms with Gasteiger partial charge in [-0.25, -0.2) is 4.57 Å². The molecular weight excluding hydrogens is 423 g/mol. The van der Waals surface area contributed by atoms with Gasteiger partial charge in [0.15, 0.2) is 0 Å². The minimum atomic E-state index is -4.02. The molecule has 1 unspecified atom stereocenters. The van der Waals surface area contributed by atoms with Gasteiger partial charge in [-0.3, -0.25) is 9.05 Å². The van der Waals surface area contributed by atoms with E-state index in [4.69, 9.17) is 13.8 Å². The summed E-state index contributed by atoms with van der Waals surface area (Å²) in [5.74, 6) is 0.733. The lowest BCUT2D eigenvalue weighted by Gasteiger charge is -2.13. The Bertz CT molecular complexity index is 789. The van der Waals surface area contributed by atoms with Gasteiger partial charge in [-0.05, 0) is 17.9 Å². The molecule has 2 aromatic carbocycles. The lowest BCUT2D eigenvalue weighted by atomic mass is 10.1. The Kier molecular flexibility index (Phi) is 13.6. The zero-order chi connectivity index (χ0) is 22.9. The molecule has 0 spiro atoms. The molecule has 5 nitrogen and oxygen atoms in total. The lowest BCUT2D eigenvalue weighted by Crippen LogP contribution is -2.07. The van der Waals surface area contributed by atoms with Crippen LogP contribution in [0.25, 0.3) is 10.8 Å². The first-order valence-electron chi connectivity index (χ1n) is 12.3. The molecule has 0 aliphatic carbocycles. The molecule has 0 aromatic heterocycles. The molecular formula is C26H41O5P. The Morgan fingerprint density at radius 1 is 0.688 bits per heavy atom. The number of phosphoric ester groups is 1. The van der Waals surface area contributed by atoms with E-state index in [0.717, 1.165) is 35.8 Å². The molecule has 0 aliphatic heterocycles. The van der Waals surface area contributed by atoms with Gasteiger partial charge >= 0.3 is 7.82 Å². The van der Waals surface area contributed by atoms with Crippen molar-refractivity contribution in [2.75, 3.05) is 19.8 Å². The van der Waals surface area contributed by atoms with E-state index in [1.54, 1.807) is 0 Å². The molecule has 0 saturated carbocycles. The molecule has 6 heteroatoms. The van der Waals surface area contributed by atoms with E-state index in [0.29, 0.717) is 0 Å². The summed E-state index contributed by atoms with van der Waals surface area (Å²) in [6.45, 7) is 2.67. The van der Waals surface area contributed by atoms with E-state index < -0.39 is 7.82 Å². The van der Waals surface area contributed by atoms with Gasteiger partial charge in [0.1, 0.15) is 12.4 Å². The Morgan fingerprint density at radius 3 is 1.94 bits per heavy atom. The van der Waals surface area contributed by atoms with Crippen molar-refractivity contribution in [3.8, 4) is 5.75 Å². The summed E-state index contributed by atoms with van der Waals surface area (Å²) in [6.07, 6.45) is 14.9. The van der Waals surface area contributed by atoms with Crippen LogP contribution in [-0.2, 0) is 13.6 Å². The largest absolute Gasteiger partial charge is 0.491 e. The van der Waals surface area contributed by atoms with E-state index >= 15 is 0 Å². The van der Waals surface area contributed by atoms with Crippen LogP contribution in [-0.4, -0.2) is 24.7 Å². The number of phosphoric acid groups is 1. The molecule has 1 atom stereocenters. The first-order chi connectivity index (χ1) is 15.6. The zero-order valence-corrected chi connectivity index (χ0v) is 20.6. The second kappa shape index (κ2) is 16.3. The lowest BCUT2D eigenvalue weighted by molar-refractivity contribution is 0.128. The summed E-state index contributed by atoms with van der Waals surface area (Å²) < 4.78 is 27.8. The molecule has 32 heavy (non-hydrogen) atoms. The average Bonchev–Trinajstić information content (AvgIpc) is 2.80. The molecule has 0 fully saturated rings. The molecule has 0 amide bonds. The number of rotatable bonds is 19. The summed E-state index contributed by atoms with van der Waals surface area (Å²) in [5, 5.41) is 2.09. The fraction of sp³-hybridized carbons (Fsp3) is 0.615. The third-order valence-electron chi connectivity index (χ3n) is 5.60. The standard InChI is InChI=1S/C26H41O5P/c1-2-3-4-5-6-7-8-9-10-11-12-15-21-30-32(27,28)31-23-22-29-26-20-16-18-24-17-13-14-19-25(24)26/h13-14,16-20H,2-12,15,21-23H2,1H3,(H,27,28). The van der Waals surface area contributed by atoms with Crippen molar-refractivity contribution in [2.24, 2.45) is 0 Å². The van der Waals surface area contributed by atoms with E-state index in [1.807, 2.05) is 42.5 Å². The number of fused-ring (bicyclic) bond motifs is 1. The third-order valence-corrected chi connectivity index (χ3v) is 6.62. The van der Waals surface area contributed by atoms with Crippen molar-refractivity contribution >= 4 is 18.6 Å². The third kappa shape index (κ3) is 11.5. The number of hydrogen-bond donors (Lipinski definition) is 1. The maximum atomic E-state index is 12.0. The number of hydrogen-bond acceptors (Lipinski definition) is 4. The van der Waals surface area contributed by atoms with Crippen LogP contribution < -0.4 is 4.74 Å². The van der Waals surface area contributed by atoms with Crippen LogP contribution in [0.5, 0.6) is 5.75 Å². The topological polar surface area (TPSA) is 65.0 Å². The molecule has 1 N–H and O–H groups in total. The van der Waals surface area contributed by atoms with Crippen LogP contribution in [0.15, 0.2) is 42.5 Å². The van der Waals surface area contributed by atoms with Crippen molar-refractivity contribution in [1.29, 1.82) is 0 Å². The quantitative estimate of drug-likeness (QED) is 0.168. The predicted molar refractivity (Wildman–Crippen MR) is 132 cm³/mol. The molecule has 2 aromatic rings. The number of ether oxygens (including phenoxy) is 1. The number of benzene rings is 2. The second-order valence-electron chi connectivity index (χ2n) is 8.35. The van der Waals surface area contributed by atoms with Gasteiger partial charge in [0.25, 0.3) is 0 Å². The zero-order valence-electron chi connectivity index (χ0n) is 19.7. The summed E-state index contributed by atoms with van der Waals surface area (Å²) >= 11 is 0. The van der Waals surface area contributed by atoms with E-state index in [9.17, 15) is 9.46 Å². The van der Waals surface area contributed by atoms with Crippen LogP contribution >= 0.6 is 7.82 Å². The SMILES string of the molecule is CCCCCCCCCCCCCCOP(=O)(O)OCCOc1cccc2ccccc12. The molecule has 0 heterocycles. The summed E-state index contributed by atoms with van der Waals surface area (Å²) in [6, 6.07) is 13.8.